The molecule has 0 unspecified atom stereocenters. The standard InChI is InChI=1S/C14H24N4O3/c1-11(19)10-18-7-5-17(6-8-18)4-3-14(20)15-13-9-12(2)21-16-13/h9,11,19H,3-8,10H2,1-2H3,(H,15,16,20)/t11-/m1/s1. The van der Waals surface area contributed by atoms with Crippen molar-refractivity contribution in [3.05, 3.63) is 11.8 Å². The number of aliphatic hydroxyl groups is 1. The minimum atomic E-state index is -0.284. The van der Waals surface area contributed by atoms with Gasteiger partial charge in [-0.25, -0.2) is 0 Å². The molecule has 0 saturated carbocycles. The Kier molecular flexibility index (Phi) is 5.72. The Hall–Kier alpha value is -1.44. The van der Waals surface area contributed by atoms with Crippen molar-refractivity contribution >= 4 is 11.7 Å². The Morgan fingerprint density at radius 2 is 2.10 bits per heavy atom. The predicted octanol–water partition coefficient (Wildman–Crippen LogP) is 0.310. The van der Waals surface area contributed by atoms with Gasteiger partial charge in [0.1, 0.15) is 5.76 Å². The maximum Gasteiger partial charge on any atom is 0.226 e. The van der Waals surface area contributed by atoms with E-state index in [-0.39, 0.29) is 12.0 Å². The van der Waals surface area contributed by atoms with Crippen molar-refractivity contribution in [2.75, 3.05) is 44.6 Å². The number of β-amino-alcohol motifs (C(OH)–C–C–N with tert-alkyl or cyclic N) is 1. The van der Waals surface area contributed by atoms with Crippen LogP contribution in [-0.4, -0.2) is 71.3 Å². The van der Waals surface area contributed by atoms with Crippen LogP contribution in [0.5, 0.6) is 0 Å². The summed E-state index contributed by atoms with van der Waals surface area (Å²) in [5.41, 5.74) is 0. The molecule has 118 valence electrons. The summed E-state index contributed by atoms with van der Waals surface area (Å²) in [6.45, 7) is 8.80. The summed E-state index contributed by atoms with van der Waals surface area (Å²) in [5, 5.41) is 15.8. The van der Waals surface area contributed by atoms with Crippen LogP contribution in [0.4, 0.5) is 5.82 Å². The van der Waals surface area contributed by atoms with Crippen molar-refractivity contribution in [1.29, 1.82) is 0 Å². The van der Waals surface area contributed by atoms with E-state index in [0.29, 0.717) is 18.0 Å². The van der Waals surface area contributed by atoms with Gasteiger partial charge in [0, 0.05) is 51.8 Å². The second kappa shape index (κ2) is 7.53. The number of nitrogens with zero attached hydrogens (tertiary/aromatic N) is 3. The molecule has 1 amide bonds. The molecule has 0 bridgehead atoms. The van der Waals surface area contributed by atoms with Crippen molar-refractivity contribution in [2.45, 2.75) is 26.4 Å². The molecule has 0 spiro atoms. The molecule has 2 N–H and O–H groups in total. The number of carbonyl (C=O) groups excluding carboxylic acids is 1. The highest BCUT2D eigenvalue weighted by Gasteiger charge is 2.18. The van der Waals surface area contributed by atoms with E-state index in [0.717, 1.165) is 39.3 Å². The molecule has 2 heterocycles. The number of hydrogen-bond acceptors (Lipinski definition) is 6. The first-order valence-corrected chi connectivity index (χ1v) is 7.39. The van der Waals surface area contributed by atoms with Gasteiger partial charge in [-0.2, -0.15) is 0 Å². The fourth-order valence-corrected chi connectivity index (χ4v) is 2.46. The number of rotatable bonds is 6. The van der Waals surface area contributed by atoms with E-state index in [4.69, 9.17) is 4.52 Å². The van der Waals surface area contributed by atoms with Gasteiger partial charge in [0.25, 0.3) is 0 Å². The van der Waals surface area contributed by atoms with Crippen LogP contribution in [0.15, 0.2) is 10.6 Å². The largest absolute Gasteiger partial charge is 0.392 e. The van der Waals surface area contributed by atoms with Crippen LogP contribution in [-0.2, 0) is 4.79 Å². The number of aliphatic hydroxyl groups excluding tert-OH is 1. The number of piperazine rings is 1. The maximum atomic E-state index is 11.8. The SMILES string of the molecule is Cc1cc(NC(=O)CCN2CCN(C[C@@H](C)O)CC2)no1. The lowest BCUT2D eigenvalue weighted by molar-refractivity contribution is -0.116. The minimum absolute atomic E-state index is 0.0466. The average molecular weight is 296 g/mol. The van der Waals surface area contributed by atoms with Gasteiger partial charge in [-0.3, -0.25) is 9.69 Å². The van der Waals surface area contributed by atoms with Crippen molar-refractivity contribution in [3.63, 3.8) is 0 Å². The Morgan fingerprint density at radius 1 is 1.43 bits per heavy atom. The van der Waals surface area contributed by atoms with E-state index in [1.54, 1.807) is 13.0 Å². The van der Waals surface area contributed by atoms with Crippen LogP contribution < -0.4 is 5.32 Å². The summed E-state index contributed by atoms with van der Waals surface area (Å²) in [5.74, 6) is 1.11. The number of aromatic nitrogens is 1. The quantitative estimate of drug-likeness (QED) is 0.786. The van der Waals surface area contributed by atoms with Gasteiger partial charge >= 0.3 is 0 Å². The summed E-state index contributed by atoms with van der Waals surface area (Å²) in [6, 6.07) is 1.70. The predicted molar refractivity (Wildman–Crippen MR) is 79.0 cm³/mol. The van der Waals surface area contributed by atoms with Crippen LogP contribution in [0.1, 0.15) is 19.1 Å². The van der Waals surface area contributed by atoms with Crippen molar-refractivity contribution in [3.8, 4) is 0 Å². The molecule has 7 nitrogen and oxygen atoms in total. The molecule has 1 saturated heterocycles. The molecular formula is C14H24N4O3. The van der Waals surface area contributed by atoms with Gasteiger partial charge in [-0.05, 0) is 13.8 Å². The summed E-state index contributed by atoms with van der Waals surface area (Å²) >= 11 is 0. The molecular weight excluding hydrogens is 272 g/mol. The zero-order valence-corrected chi connectivity index (χ0v) is 12.7. The first-order chi connectivity index (χ1) is 10.0. The molecule has 0 aliphatic carbocycles. The fraction of sp³-hybridized carbons (Fsp3) is 0.714. The van der Waals surface area contributed by atoms with Crippen molar-refractivity contribution in [1.82, 2.24) is 15.0 Å². The first-order valence-electron chi connectivity index (χ1n) is 7.39. The van der Waals surface area contributed by atoms with E-state index in [1.165, 1.54) is 0 Å². The lowest BCUT2D eigenvalue weighted by Gasteiger charge is -2.35. The zero-order valence-electron chi connectivity index (χ0n) is 12.7. The highest BCUT2D eigenvalue weighted by atomic mass is 16.5. The molecule has 0 aromatic carbocycles. The van der Waals surface area contributed by atoms with E-state index in [2.05, 4.69) is 20.3 Å². The number of nitrogens with one attached hydrogen (secondary N) is 1. The summed E-state index contributed by atoms with van der Waals surface area (Å²) in [4.78, 5) is 16.3. The van der Waals surface area contributed by atoms with E-state index < -0.39 is 0 Å². The van der Waals surface area contributed by atoms with Crippen molar-refractivity contribution in [2.24, 2.45) is 0 Å². The maximum absolute atomic E-state index is 11.8. The van der Waals surface area contributed by atoms with E-state index in [9.17, 15) is 9.90 Å². The van der Waals surface area contributed by atoms with Gasteiger partial charge in [0.15, 0.2) is 5.82 Å². The zero-order chi connectivity index (χ0) is 15.2. The molecule has 21 heavy (non-hydrogen) atoms. The highest BCUT2D eigenvalue weighted by Crippen LogP contribution is 2.08. The molecule has 1 fully saturated rings. The Bertz CT molecular complexity index is 453. The molecule has 1 aliphatic heterocycles. The molecule has 1 atom stereocenters. The highest BCUT2D eigenvalue weighted by molar-refractivity contribution is 5.89. The summed E-state index contributed by atoms with van der Waals surface area (Å²) < 4.78 is 4.90. The molecule has 1 aromatic heterocycles. The molecule has 1 aliphatic rings. The van der Waals surface area contributed by atoms with Gasteiger partial charge in [0.2, 0.25) is 5.91 Å². The Morgan fingerprint density at radius 3 is 2.67 bits per heavy atom. The van der Waals surface area contributed by atoms with Crippen LogP contribution in [0.2, 0.25) is 0 Å². The Labute approximate surface area is 124 Å². The monoisotopic (exact) mass is 296 g/mol. The van der Waals surface area contributed by atoms with Gasteiger partial charge in [-0.15, -0.1) is 0 Å². The molecule has 7 heteroatoms. The van der Waals surface area contributed by atoms with Gasteiger partial charge < -0.3 is 19.8 Å². The first kappa shape index (κ1) is 15.9. The minimum Gasteiger partial charge on any atom is -0.392 e. The number of amides is 1. The van der Waals surface area contributed by atoms with E-state index in [1.807, 2.05) is 6.92 Å². The van der Waals surface area contributed by atoms with Crippen LogP contribution >= 0.6 is 0 Å². The van der Waals surface area contributed by atoms with Gasteiger partial charge in [0.05, 0.1) is 6.10 Å². The van der Waals surface area contributed by atoms with Gasteiger partial charge in [-0.1, -0.05) is 5.16 Å². The molecule has 2 rings (SSSR count). The average Bonchev–Trinajstić information content (AvgIpc) is 2.83. The second-order valence-electron chi connectivity index (χ2n) is 5.61. The van der Waals surface area contributed by atoms with Crippen LogP contribution in [0.25, 0.3) is 0 Å². The van der Waals surface area contributed by atoms with Crippen LogP contribution in [0.3, 0.4) is 0 Å². The topological polar surface area (TPSA) is 81.8 Å². The number of carbonyl (C=O) groups is 1. The number of anilines is 1. The van der Waals surface area contributed by atoms with Crippen molar-refractivity contribution < 1.29 is 14.4 Å². The normalized spacial score (nSPS) is 18.6. The van der Waals surface area contributed by atoms with E-state index >= 15 is 0 Å². The third-order valence-electron chi connectivity index (χ3n) is 3.54. The lowest BCUT2D eigenvalue weighted by Crippen LogP contribution is -2.48. The fourth-order valence-electron chi connectivity index (χ4n) is 2.46. The summed E-state index contributed by atoms with van der Waals surface area (Å²) in [6.07, 6.45) is 0.163. The second-order valence-corrected chi connectivity index (χ2v) is 5.61. The third-order valence-corrected chi connectivity index (χ3v) is 3.54. The Balaban J connectivity index is 1.64. The smallest absolute Gasteiger partial charge is 0.226 e. The molecule has 1 aromatic rings. The van der Waals surface area contributed by atoms with Crippen LogP contribution in [0, 0.1) is 6.92 Å². The summed E-state index contributed by atoms with van der Waals surface area (Å²) in [7, 11) is 0. The third kappa shape index (κ3) is 5.45. The molecule has 0 radical (unpaired) electrons. The number of hydrogen-bond donors (Lipinski definition) is 2. The number of aryl methyl sites for hydroxylation is 1. The lowest BCUT2D eigenvalue weighted by atomic mass is 10.2.